The third-order valence-electron chi connectivity index (χ3n) is 2.78. The first kappa shape index (κ1) is 12.8. The van der Waals surface area contributed by atoms with E-state index in [0.29, 0.717) is 22.8 Å². The highest BCUT2D eigenvalue weighted by Crippen LogP contribution is 2.28. The number of hydrogen-bond donors (Lipinski definition) is 2. The van der Waals surface area contributed by atoms with E-state index < -0.39 is 0 Å². The Labute approximate surface area is 110 Å². The van der Waals surface area contributed by atoms with E-state index in [-0.39, 0.29) is 11.8 Å². The lowest BCUT2D eigenvalue weighted by Crippen LogP contribution is -2.26. The van der Waals surface area contributed by atoms with E-state index in [1.54, 1.807) is 31.3 Å². The van der Waals surface area contributed by atoms with Crippen molar-refractivity contribution in [3.05, 3.63) is 35.5 Å². The van der Waals surface area contributed by atoms with Gasteiger partial charge in [0, 0.05) is 24.0 Å². The molecule has 0 aliphatic rings. The minimum Gasteiger partial charge on any atom is -0.330 e. The monoisotopic (exact) mass is 263 g/mol. The highest BCUT2D eigenvalue weighted by atomic mass is 35.5. The van der Waals surface area contributed by atoms with Gasteiger partial charge in [0.25, 0.3) is 0 Å². The van der Waals surface area contributed by atoms with E-state index in [1.807, 2.05) is 6.07 Å². The summed E-state index contributed by atoms with van der Waals surface area (Å²) in [6.45, 7) is 2.10. The van der Waals surface area contributed by atoms with Crippen LogP contribution in [0.25, 0.3) is 10.9 Å². The van der Waals surface area contributed by atoms with Gasteiger partial charge >= 0.3 is 0 Å². The zero-order valence-electron chi connectivity index (χ0n) is 9.98. The van der Waals surface area contributed by atoms with Gasteiger partial charge < -0.3 is 11.1 Å². The summed E-state index contributed by atoms with van der Waals surface area (Å²) in [6.07, 6.45) is 1.67. The number of nitrogens with one attached hydrogen (secondary N) is 1. The number of pyridine rings is 1. The van der Waals surface area contributed by atoms with Crippen LogP contribution in [-0.4, -0.2) is 17.4 Å². The molecule has 1 atom stereocenters. The minimum absolute atomic E-state index is 0.107. The molecule has 1 unspecified atom stereocenters. The van der Waals surface area contributed by atoms with Gasteiger partial charge in [-0.2, -0.15) is 0 Å². The van der Waals surface area contributed by atoms with Gasteiger partial charge in [-0.05, 0) is 24.3 Å². The summed E-state index contributed by atoms with van der Waals surface area (Å²) in [5.41, 5.74) is 6.85. The Morgan fingerprint density at radius 1 is 1.50 bits per heavy atom. The standard InChI is InChI=1S/C13H14ClN3O/c1-8(7-15)13(18)17-11-5-4-10(14)12-9(11)3-2-6-16-12/h2-6,8H,7,15H2,1H3,(H,17,18). The minimum atomic E-state index is -0.229. The number of halogens is 1. The van der Waals surface area contributed by atoms with Crippen molar-refractivity contribution < 1.29 is 4.79 Å². The Kier molecular flexibility index (Phi) is 3.79. The fourth-order valence-corrected chi connectivity index (χ4v) is 1.82. The summed E-state index contributed by atoms with van der Waals surface area (Å²) in [7, 11) is 0. The Balaban J connectivity index is 2.40. The predicted molar refractivity (Wildman–Crippen MR) is 73.6 cm³/mol. The lowest BCUT2D eigenvalue weighted by atomic mass is 10.1. The molecule has 1 heterocycles. The van der Waals surface area contributed by atoms with Crippen molar-refractivity contribution in [2.24, 2.45) is 11.7 Å². The summed E-state index contributed by atoms with van der Waals surface area (Å²) < 4.78 is 0. The summed E-state index contributed by atoms with van der Waals surface area (Å²) >= 11 is 6.06. The van der Waals surface area contributed by atoms with Crippen LogP contribution in [0.1, 0.15) is 6.92 Å². The number of amides is 1. The fraction of sp³-hybridized carbons (Fsp3) is 0.231. The zero-order chi connectivity index (χ0) is 13.1. The van der Waals surface area contributed by atoms with Crippen LogP contribution in [0, 0.1) is 5.92 Å². The molecular weight excluding hydrogens is 250 g/mol. The molecule has 0 spiro atoms. The number of benzene rings is 1. The Morgan fingerprint density at radius 2 is 2.28 bits per heavy atom. The van der Waals surface area contributed by atoms with Crippen LogP contribution < -0.4 is 11.1 Å². The Bertz CT molecular complexity index is 585. The van der Waals surface area contributed by atoms with E-state index in [1.165, 1.54) is 0 Å². The van der Waals surface area contributed by atoms with Crippen LogP contribution in [-0.2, 0) is 4.79 Å². The van der Waals surface area contributed by atoms with Crippen LogP contribution in [0.15, 0.2) is 30.5 Å². The first-order valence-electron chi connectivity index (χ1n) is 5.67. The molecule has 5 heteroatoms. The number of nitrogens with two attached hydrogens (primary N) is 1. The summed E-state index contributed by atoms with van der Waals surface area (Å²) in [5, 5.41) is 4.23. The molecule has 2 aromatic rings. The molecule has 18 heavy (non-hydrogen) atoms. The number of rotatable bonds is 3. The molecule has 94 valence electrons. The van der Waals surface area contributed by atoms with Crippen molar-refractivity contribution in [1.29, 1.82) is 0 Å². The average Bonchev–Trinajstić information content (AvgIpc) is 2.41. The maximum Gasteiger partial charge on any atom is 0.228 e. The van der Waals surface area contributed by atoms with Gasteiger partial charge in [-0.15, -0.1) is 0 Å². The normalized spacial score (nSPS) is 12.4. The number of fused-ring (bicyclic) bond motifs is 1. The van der Waals surface area contributed by atoms with Crippen molar-refractivity contribution in [1.82, 2.24) is 4.98 Å². The lowest BCUT2D eigenvalue weighted by molar-refractivity contribution is -0.119. The van der Waals surface area contributed by atoms with Gasteiger partial charge in [0.05, 0.1) is 16.2 Å². The topological polar surface area (TPSA) is 68.0 Å². The molecule has 0 saturated carbocycles. The molecule has 0 bridgehead atoms. The molecule has 4 nitrogen and oxygen atoms in total. The molecule has 1 aromatic carbocycles. The van der Waals surface area contributed by atoms with Gasteiger partial charge in [-0.1, -0.05) is 18.5 Å². The Hall–Kier alpha value is -1.65. The van der Waals surface area contributed by atoms with Crippen LogP contribution in [0.5, 0.6) is 0 Å². The SMILES string of the molecule is CC(CN)C(=O)Nc1ccc(Cl)c2ncccc12. The van der Waals surface area contributed by atoms with Crippen molar-refractivity contribution >= 4 is 34.1 Å². The molecule has 3 N–H and O–H groups in total. The number of carbonyl (C=O) groups excluding carboxylic acids is 1. The molecule has 1 amide bonds. The average molecular weight is 264 g/mol. The van der Waals surface area contributed by atoms with Gasteiger partial charge in [0.15, 0.2) is 0 Å². The molecule has 0 radical (unpaired) electrons. The fourth-order valence-electron chi connectivity index (χ4n) is 1.61. The maximum absolute atomic E-state index is 11.8. The second kappa shape index (κ2) is 5.33. The molecule has 0 fully saturated rings. The molecule has 0 aliphatic carbocycles. The van der Waals surface area contributed by atoms with Gasteiger partial charge in [0.2, 0.25) is 5.91 Å². The van der Waals surface area contributed by atoms with Gasteiger partial charge in [-0.3, -0.25) is 9.78 Å². The third-order valence-corrected chi connectivity index (χ3v) is 3.08. The van der Waals surface area contributed by atoms with Crippen LogP contribution in [0.3, 0.4) is 0 Å². The van der Waals surface area contributed by atoms with Crippen molar-refractivity contribution in [2.45, 2.75) is 6.92 Å². The van der Waals surface area contributed by atoms with E-state index in [0.717, 1.165) is 5.39 Å². The highest BCUT2D eigenvalue weighted by molar-refractivity contribution is 6.35. The second-order valence-electron chi connectivity index (χ2n) is 4.12. The zero-order valence-corrected chi connectivity index (χ0v) is 10.7. The second-order valence-corrected chi connectivity index (χ2v) is 4.53. The Morgan fingerprint density at radius 3 is 3.00 bits per heavy atom. The lowest BCUT2D eigenvalue weighted by Gasteiger charge is -2.12. The quantitative estimate of drug-likeness (QED) is 0.894. The first-order valence-corrected chi connectivity index (χ1v) is 6.05. The van der Waals surface area contributed by atoms with E-state index in [4.69, 9.17) is 17.3 Å². The largest absolute Gasteiger partial charge is 0.330 e. The molecule has 0 saturated heterocycles. The van der Waals surface area contributed by atoms with Crippen LogP contribution in [0.2, 0.25) is 5.02 Å². The third kappa shape index (κ3) is 2.44. The summed E-state index contributed by atoms with van der Waals surface area (Å²) in [5.74, 6) is -0.336. The summed E-state index contributed by atoms with van der Waals surface area (Å²) in [4.78, 5) is 16.0. The molecule has 1 aromatic heterocycles. The van der Waals surface area contributed by atoms with Crippen LogP contribution >= 0.6 is 11.6 Å². The number of hydrogen-bond acceptors (Lipinski definition) is 3. The number of anilines is 1. The number of aromatic nitrogens is 1. The smallest absolute Gasteiger partial charge is 0.228 e. The number of carbonyl (C=O) groups is 1. The van der Waals surface area contributed by atoms with Crippen molar-refractivity contribution in [3.63, 3.8) is 0 Å². The highest BCUT2D eigenvalue weighted by Gasteiger charge is 2.13. The van der Waals surface area contributed by atoms with E-state index in [2.05, 4.69) is 10.3 Å². The first-order chi connectivity index (χ1) is 8.63. The van der Waals surface area contributed by atoms with E-state index >= 15 is 0 Å². The predicted octanol–water partition coefficient (Wildman–Crippen LogP) is 2.42. The maximum atomic E-state index is 11.8. The number of nitrogens with zero attached hydrogens (tertiary/aromatic N) is 1. The van der Waals surface area contributed by atoms with Crippen molar-refractivity contribution in [2.75, 3.05) is 11.9 Å². The van der Waals surface area contributed by atoms with Gasteiger partial charge in [0.1, 0.15) is 0 Å². The molecular formula is C13H14ClN3O. The summed E-state index contributed by atoms with van der Waals surface area (Å²) in [6, 6.07) is 7.17. The molecule has 0 aliphatic heterocycles. The van der Waals surface area contributed by atoms with E-state index in [9.17, 15) is 4.79 Å². The van der Waals surface area contributed by atoms with Crippen LogP contribution in [0.4, 0.5) is 5.69 Å². The van der Waals surface area contributed by atoms with Gasteiger partial charge in [-0.25, -0.2) is 0 Å². The van der Waals surface area contributed by atoms with Crippen molar-refractivity contribution in [3.8, 4) is 0 Å². The molecule has 2 rings (SSSR count).